The summed E-state index contributed by atoms with van der Waals surface area (Å²) in [5.74, 6) is 5.08. The third-order valence-electron chi connectivity index (χ3n) is 13.2. The molecule has 1 fully saturated rings. The number of hydrogen-bond acceptors (Lipinski definition) is 17. The number of aromatic carboxylic acids is 1. The number of carbonyl (C=O) groups excluding carboxylic acids is 3. The molecule has 0 spiro atoms. The molecule has 3 aromatic heterocycles. The summed E-state index contributed by atoms with van der Waals surface area (Å²) in [6.07, 6.45) is 12.4. The quantitative estimate of drug-likeness (QED) is 0.0151. The Morgan fingerprint density at radius 2 is 1.70 bits per heavy atom. The molecule has 0 radical (unpaired) electrons. The van der Waals surface area contributed by atoms with Crippen LogP contribution in [0.2, 0.25) is 0 Å². The molecular formula is C69H91FN10O8S3. The number of benzene rings is 4. The fraction of sp³-hybridized carbons (Fsp3) is 0.406. The van der Waals surface area contributed by atoms with E-state index in [0.29, 0.717) is 97.7 Å². The minimum absolute atomic E-state index is 0.000635. The van der Waals surface area contributed by atoms with Gasteiger partial charge in [0.2, 0.25) is 12.3 Å². The Morgan fingerprint density at radius 3 is 2.34 bits per heavy atom. The molecule has 0 saturated carbocycles. The van der Waals surface area contributed by atoms with Crippen molar-refractivity contribution >= 4 is 78.7 Å². The van der Waals surface area contributed by atoms with Crippen LogP contribution in [0.15, 0.2) is 104 Å². The maximum atomic E-state index is 14.9. The van der Waals surface area contributed by atoms with Crippen molar-refractivity contribution in [2.75, 3.05) is 96.5 Å². The first-order valence-corrected chi connectivity index (χ1v) is 32.8. The molecule has 1 atom stereocenters. The van der Waals surface area contributed by atoms with E-state index in [0.717, 1.165) is 72.0 Å². The Morgan fingerprint density at radius 1 is 0.967 bits per heavy atom. The molecule has 18 nitrogen and oxygen atoms in total. The zero-order chi connectivity index (χ0) is 67.1. The molecule has 9 rings (SSSR count). The number of fused-ring (bicyclic) bond motifs is 2. The van der Waals surface area contributed by atoms with Crippen molar-refractivity contribution in [1.29, 1.82) is 0 Å². The van der Waals surface area contributed by atoms with Crippen LogP contribution in [-0.4, -0.2) is 152 Å². The number of likely N-dealkylation sites (tertiary alicyclic amines) is 1. The number of carbonyl (C=O) groups is 4. The SMILES string of the molecule is C#C.C=C.CC(C)C.CCCOCCNCCN(C)CC#Cc1ccc(OCCCc2sc(N3CCc4cccc(C(=O)Nc5nc6ccccc6s5)c4C3)nc2C(=O)O)c(F)c1.CCc1ccc(-c2scnc2C)cc1.CN.O=CNCC(=O)N1CC[C@@H](O)C1. The van der Waals surface area contributed by atoms with Crippen LogP contribution in [0.3, 0.4) is 0 Å². The van der Waals surface area contributed by atoms with Gasteiger partial charge < -0.3 is 45.9 Å². The van der Waals surface area contributed by atoms with E-state index >= 15 is 0 Å². The van der Waals surface area contributed by atoms with Gasteiger partial charge in [0.05, 0.1) is 58.7 Å². The predicted octanol–water partition coefficient (Wildman–Crippen LogP) is 11.0. The highest BCUT2D eigenvalue weighted by molar-refractivity contribution is 7.22. The molecule has 4 aromatic carbocycles. The number of carboxylic acid groups (broad SMARTS) is 1. The van der Waals surface area contributed by atoms with E-state index in [1.807, 2.05) is 53.9 Å². The average molecular weight is 1300 g/mol. The van der Waals surface area contributed by atoms with E-state index in [4.69, 9.17) is 14.6 Å². The zero-order valence-corrected chi connectivity index (χ0v) is 56.3. The number of nitrogens with two attached hydrogens (primary N) is 1. The summed E-state index contributed by atoms with van der Waals surface area (Å²) >= 11 is 4.45. The summed E-state index contributed by atoms with van der Waals surface area (Å²) in [5.41, 5.74) is 14.1. The molecule has 3 amide bonds. The lowest BCUT2D eigenvalue weighted by Crippen LogP contribution is -2.36. The number of amides is 3. The third-order valence-corrected chi connectivity index (χ3v) is 16.3. The Kier molecular flexibility index (Phi) is 37.2. The van der Waals surface area contributed by atoms with Gasteiger partial charge in [0.1, 0.15) is 0 Å². The van der Waals surface area contributed by atoms with E-state index in [9.17, 15) is 28.7 Å². The molecular weight excluding hydrogens is 1210 g/mol. The fourth-order valence-corrected chi connectivity index (χ4v) is 11.6. The Labute approximate surface area is 549 Å². The van der Waals surface area contributed by atoms with Crippen LogP contribution in [0.25, 0.3) is 20.7 Å². The number of aliphatic hydroxyl groups excluding tert-OH is 1. The third kappa shape index (κ3) is 26.8. The van der Waals surface area contributed by atoms with Crippen molar-refractivity contribution in [3.63, 3.8) is 0 Å². The van der Waals surface area contributed by atoms with Crippen molar-refractivity contribution in [3.8, 4) is 40.9 Å². The van der Waals surface area contributed by atoms with Gasteiger partial charge in [-0.2, -0.15) is 0 Å². The second-order valence-corrected chi connectivity index (χ2v) is 23.9. The molecule has 0 aliphatic carbocycles. The first-order valence-electron chi connectivity index (χ1n) is 30.2. The predicted molar refractivity (Wildman–Crippen MR) is 371 cm³/mol. The number of halogens is 1. The summed E-state index contributed by atoms with van der Waals surface area (Å²) in [7, 11) is 3.49. The molecule has 0 bridgehead atoms. The van der Waals surface area contributed by atoms with E-state index in [2.05, 4.69) is 145 Å². The number of thiazole rings is 3. The minimum Gasteiger partial charge on any atom is -0.491 e. The second-order valence-electron chi connectivity index (χ2n) is 21.0. The zero-order valence-electron chi connectivity index (χ0n) is 53.9. The number of terminal acetylenes is 1. The standard InChI is InChI=1S/C41H45FN6O5S2.C12H13NS.C7H12N2O3.C4H10.C2H4.C2H2.CH5N/c1-3-23-52-25-19-43-18-22-47(2)20-7-9-28-15-16-34(32(42)26-28)53-24-8-14-36-37(39(50)51)45-41(55-36)48-21-17-29-10-6-11-30(31(29)27-48)38(49)46-40-44-33-12-4-5-13-35(33)54-40;1-3-10-4-6-11(7-5-10)12-9(2)13-8-14-12;10-5-8-3-7(12)9-2-1-6(11)4-9;1-4(2)3;3*1-2/h4-6,10-13,15-16,26,43H,3,8,14,17-25,27H2,1-2H3,(H,50,51)(H,44,46,49);4-8H,3H2,1-2H3;5-6,11H,1-4H2,(H,8,10);4H,1-3H3;1-2H2;1-2H;2H2,1H3/t;;6-;;;;/m..1..../s1. The van der Waals surface area contributed by atoms with Gasteiger partial charge in [0.15, 0.2) is 27.5 Å². The number of hydrogen-bond donors (Lipinski definition) is 6. The number of carboxylic acids is 1. The van der Waals surface area contributed by atoms with E-state index < -0.39 is 17.9 Å². The number of nitrogens with zero attached hydrogens (tertiary/aromatic N) is 6. The second kappa shape index (κ2) is 43.7. The molecule has 490 valence electrons. The molecule has 7 aromatic rings. The van der Waals surface area contributed by atoms with Gasteiger partial charge in [-0.15, -0.1) is 48.7 Å². The largest absolute Gasteiger partial charge is 0.491 e. The van der Waals surface area contributed by atoms with Gasteiger partial charge >= 0.3 is 5.97 Å². The molecule has 1 saturated heterocycles. The maximum absolute atomic E-state index is 14.9. The monoisotopic (exact) mass is 1300 g/mol. The molecule has 0 unspecified atom stereocenters. The van der Waals surface area contributed by atoms with Gasteiger partial charge in [-0.25, -0.2) is 24.1 Å². The van der Waals surface area contributed by atoms with E-state index in [-0.39, 0.29) is 36.4 Å². The summed E-state index contributed by atoms with van der Waals surface area (Å²) in [5, 5.41) is 28.8. The number of β-amino-alcohol motifs (C(OH)–C–C–N with tert-alkyl or cyclic N) is 1. The van der Waals surface area contributed by atoms with Crippen LogP contribution in [0.4, 0.5) is 14.7 Å². The van der Waals surface area contributed by atoms with E-state index in [1.54, 1.807) is 34.4 Å². The molecule has 5 heterocycles. The van der Waals surface area contributed by atoms with E-state index in [1.165, 1.54) is 51.8 Å². The first-order chi connectivity index (χ1) is 44.1. The lowest BCUT2D eigenvalue weighted by molar-refractivity contribution is -0.130. The van der Waals surface area contributed by atoms with Gasteiger partial charge in [0, 0.05) is 68.4 Å². The van der Waals surface area contributed by atoms with Crippen molar-refractivity contribution in [1.82, 2.24) is 35.4 Å². The lowest BCUT2D eigenvalue weighted by atomic mass is 9.94. The van der Waals surface area contributed by atoms with Crippen LogP contribution in [-0.2, 0) is 40.1 Å². The Balaban J connectivity index is 0.000000484. The van der Waals surface area contributed by atoms with Crippen molar-refractivity contribution in [2.24, 2.45) is 11.7 Å². The molecule has 2 aliphatic rings. The van der Waals surface area contributed by atoms with Gasteiger partial charge in [-0.05, 0) is 124 Å². The molecule has 22 heteroatoms. The number of anilines is 2. The van der Waals surface area contributed by atoms with Crippen LogP contribution >= 0.6 is 34.0 Å². The normalized spacial score (nSPS) is 12.6. The number of rotatable bonds is 23. The fourth-order valence-electron chi connectivity index (χ4n) is 8.79. The lowest BCUT2D eigenvalue weighted by Gasteiger charge is -2.29. The number of aromatic nitrogens is 3. The summed E-state index contributed by atoms with van der Waals surface area (Å²) in [6, 6.07) is 26.8. The number of aryl methyl sites for hydroxylation is 3. The van der Waals surface area contributed by atoms with Crippen molar-refractivity contribution in [3.05, 3.63) is 153 Å². The minimum atomic E-state index is -1.11. The van der Waals surface area contributed by atoms with Gasteiger partial charge in [-0.3, -0.25) is 24.6 Å². The van der Waals surface area contributed by atoms with Crippen LogP contribution in [0, 0.1) is 43.3 Å². The summed E-state index contributed by atoms with van der Waals surface area (Å²) in [4.78, 5) is 67.5. The van der Waals surface area contributed by atoms with Crippen molar-refractivity contribution < 1.29 is 43.3 Å². The number of aliphatic hydroxyl groups is 1. The molecule has 2 aliphatic heterocycles. The maximum Gasteiger partial charge on any atom is 0.355 e. The first kappa shape index (κ1) is 77.3. The Bertz CT molecular complexity index is 3340. The number of likely N-dealkylation sites (N-methyl/N-ethyl adjacent to an activating group) is 1. The highest BCUT2D eigenvalue weighted by atomic mass is 32.1. The van der Waals surface area contributed by atoms with Crippen LogP contribution < -0.4 is 31.3 Å². The molecule has 91 heavy (non-hydrogen) atoms. The number of para-hydroxylation sites is 1. The highest BCUT2D eigenvalue weighted by Gasteiger charge is 2.27. The van der Waals surface area contributed by atoms with Crippen LogP contribution in [0.5, 0.6) is 5.75 Å². The highest BCUT2D eigenvalue weighted by Crippen LogP contribution is 2.34. The molecule has 7 N–H and O–H groups in total. The topological polar surface area (TPSA) is 238 Å². The van der Waals surface area contributed by atoms with Gasteiger partial charge in [-0.1, -0.05) is 106 Å². The number of ether oxygens (including phenoxy) is 2. The summed E-state index contributed by atoms with van der Waals surface area (Å²) in [6.45, 7) is 25.6. The summed E-state index contributed by atoms with van der Waals surface area (Å²) < 4.78 is 27.1. The average Bonchev–Trinajstić information content (AvgIpc) is 1.82. The van der Waals surface area contributed by atoms with Crippen LogP contribution in [0.1, 0.15) is 108 Å². The Hall–Kier alpha value is -7.90. The number of nitrogens with one attached hydrogen (secondary N) is 3. The van der Waals surface area contributed by atoms with Gasteiger partial charge in [0.25, 0.3) is 5.91 Å². The smallest absolute Gasteiger partial charge is 0.355 e. The van der Waals surface area contributed by atoms with Crippen molar-refractivity contribution in [2.45, 2.75) is 92.7 Å².